The van der Waals surface area contributed by atoms with Crippen molar-refractivity contribution in [3.8, 4) is 5.75 Å². The van der Waals surface area contributed by atoms with E-state index in [0.717, 1.165) is 30.8 Å². The van der Waals surface area contributed by atoms with E-state index in [1.165, 1.54) is 0 Å². The average Bonchev–Trinajstić information content (AvgIpc) is 2.31. The van der Waals surface area contributed by atoms with E-state index in [1.54, 1.807) is 0 Å². The van der Waals surface area contributed by atoms with Crippen LogP contribution in [0.5, 0.6) is 5.75 Å². The molecule has 0 atom stereocenters. The normalized spacial score (nSPS) is 10.4. The minimum absolute atomic E-state index is 0.196. The van der Waals surface area contributed by atoms with Crippen LogP contribution in [0.15, 0.2) is 24.3 Å². The molecule has 0 aliphatic heterocycles. The van der Waals surface area contributed by atoms with E-state index >= 15 is 0 Å². The Morgan fingerprint density at radius 3 is 2.56 bits per heavy atom. The first kappa shape index (κ1) is 13.0. The lowest BCUT2D eigenvalue weighted by molar-refractivity contribution is 0.299. The standard InChI is InChI=1S/C13H21NO2/c1-2-8-14-9-11-16-13-5-3-12(4-6-13)7-10-15/h3-6,14-15H,2,7-11H2,1H3. The number of rotatable bonds is 8. The van der Waals surface area contributed by atoms with Crippen molar-refractivity contribution in [3.63, 3.8) is 0 Å². The Labute approximate surface area is 97.4 Å². The third-order valence-electron chi connectivity index (χ3n) is 2.30. The molecule has 0 aromatic heterocycles. The summed E-state index contributed by atoms with van der Waals surface area (Å²) in [5, 5.41) is 12.1. The van der Waals surface area contributed by atoms with Gasteiger partial charge in [-0.3, -0.25) is 0 Å². The van der Waals surface area contributed by atoms with E-state index < -0.39 is 0 Å². The zero-order chi connectivity index (χ0) is 11.6. The second-order valence-electron chi connectivity index (χ2n) is 3.72. The molecule has 0 heterocycles. The summed E-state index contributed by atoms with van der Waals surface area (Å²) in [7, 11) is 0. The molecular formula is C13H21NO2. The van der Waals surface area contributed by atoms with Gasteiger partial charge in [-0.15, -0.1) is 0 Å². The van der Waals surface area contributed by atoms with Gasteiger partial charge in [-0.2, -0.15) is 0 Å². The van der Waals surface area contributed by atoms with E-state index in [2.05, 4.69) is 12.2 Å². The molecule has 3 heteroatoms. The summed E-state index contributed by atoms with van der Waals surface area (Å²) in [4.78, 5) is 0. The molecule has 0 aliphatic rings. The molecule has 1 rings (SSSR count). The van der Waals surface area contributed by atoms with Gasteiger partial charge in [0.2, 0.25) is 0 Å². The lowest BCUT2D eigenvalue weighted by Crippen LogP contribution is -2.21. The summed E-state index contributed by atoms with van der Waals surface area (Å²) in [6.07, 6.45) is 1.86. The predicted octanol–water partition coefficient (Wildman–Crippen LogP) is 1.60. The van der Waals surface area contributed by atoms with Crippen LogP contribution >= 0.6 is 0 Å². The molecular weight excluding hydrogens is 202 g/mol. The highest BCUT2D eigenvalue weighted by Crippen LogP contribution is 2.12. The van der Waals surface area contributed by atoms with Gasteiger partial charge in [0.15, 0.2) is 0 Å². The van der Waals surface area contributed by atoms with Gasteiger partial charge in [0.1, 0.15) is 12.4 Å². The fraction of sp³-hybridized carbons (Fsp3) is 0.538. The van der Waals surface area contributed by atoms with E-state index in [4.69, 9.17) is 9.84 Å². The van der Waals surface area contributed by atoms with Crippen LogP contribution in [0.3, 0.4) is 0 Å². The van der Waals surface area contributed by atoms with Crippen molar-refractivity contribution in [3.05, 3.63) is 29.8 Å². The first-order valence-electron chi connectivity index (χ1n) is 5.90. The molecule has 0 saturated carbocycles. The van der Waals surface area contributed by atoms with Gasteiger partial charge >= 0.3 is 0 Å². The molecule has 90 valence electrons. The van der Waals surface area contributed by atoms with Crippen LogP contribution in [0.1, 0.15) is 18.9 Å². The Kier molecular flexibility index (Phi) is 6.61. The fourth-order valence-corrected chi connectivity index (χ4v) is 1.42. The number of hydrogen-bond donors (Lipinski definition) is 2. The van der Waals surface area contributed by atoms with Crippen molar-refractivity contribution in [2.45, 2.75) is 19.8 Å². The van der Waals surface area contributed by atoms with Crippen LogP contribution in [-0.4, -0.2) is 31.4 Å². The molecule has 1 aromatic rings. The molecule has 0 amide bonds. The lowest BCUT2D eigenvalue weighted by atomic mass is 10.1. The first-order valence-corrected chi connectivity index (χ1v) is 5.90. The Bertz CT molecular complexity index is 272. The molecule has 2 N–H and O–H groups in total. The lowest BCUT2D eigenvalue weighted by Gasteiger charge is -2.07. The van der Waals surface area contributed by atoms with E-state index in [0.29, 0.717) is 13.0 Å². The molecule has 0 spiro atoms. The minimum atomic E-state index is 0.196. The Morgan fingerprint density at radius 2 is 1.94 bits per heavy atom. The molecule has 1 aromatic carbocycles. The van der Waals surface area contributed by atoms with Crippen LogP contribution in [0.2, 0.25) is 0 Å². The summed E-state index contributed by atoms with van der Waals surface area (Å²) in [5.41, 5.74) is 1.14. The highest BCUT2D eigenvalue weighted by molar-refractivity contribution is 5.27. The van der Waals surface area contributed by atoms with Crippen molar-refractivity contribution < 1.29 is 9.84 Å². The van der Waals surface area contributed by atoms with Crippen molar-refractivity contribution in [2.24, 2.45) is 0 Å². The molecule has 0 unspecified atom stereocenters. The van der Waals surface area contributed by atoms with Gasteiger partial charge in [0.25, 0.3) is 0 Å². The molecule has 0 aliphatic carbocycles. The van der Waals surface area contributed by atoms with Crippen molar-refractivity contribution in [2.75, 3.05) is 26.3 Å². The minimum Gasteiger partial charge on any atom is -0.492 e. The highest BCUT2D eigenvalue weighted by atomic mass is 16.5. The maximum absolute atomic E-state index is 8.77. The van der Waals surface area contributed by atoms with Gasteiger partial charge in [-0.25, -0.2) is 0 Å². The third kappa shape index (κ3) is 5.14. The van der Waals surface area contributed by atoms with Gasteiger partial charge in [0, 0.05) is 13.2 Å². The zero-order valence-electron chi connectivity index (χ0n) is 9.91. The maximum atomic E-state index is 8.77. The number of aliphatic hydroxyl groups is 1. The smallest absolute Gasteiger partial charge is 0.119 e. The van der Waals surface area contributed by atoms with E-state index in [-0.39, 0.29) is 6.61 Å². The largest absolute Gasteiger partial charge is 0.492 e. The molecule has 3 nitrogen and oxygen atoms in total. The van der Waals surface area contributed by atoms with Gasteiger partial charge in [-0.1, -0.05) is 19.1 Å². The first-order chi connectivity index (χ1) is 7.86. The molecule has 0 fully saturated rings. The summed E-state index contributed by atoms with van der Waals surface area (Å²) in [6, 6.07) is 7.88. The number of hydrogen-bond acceptors (Lipinski definition) is 3. The SMILES string of the molecule is CCCNCCOc1ccc(CCO)cc1. The van der Waals surface area contributed by atoms with Crippen LogP contribution in [0.4, 0.5) is 0 Å². The van der Waals surface area contributed by atoms with Crippen molar-refractivity contribution >= 4 is 0 Å². The third-order valence-corrected chi connectivity index (χ3v) is 2.30. The fourth-order valence-electron chi connectivity index (χ4n) is 1.42. The van der Waals surface area contributed by atoms with Crippen LogP contribution in [0.25, 0.3) is 0 Å². The molecule has 0 saturated heterocycles. The summed E-state index contributed by atoms with van der Waals surface area (Å²) in [6.45, 7) is 4.96. The van der Waals surface area contributed by atoms with E-state index in [1.807, 2.05) is 24.3 Å². The summed E-state index contributed by atoms with van der Waals surface area (Å²) < 4.78 is 5.56. The average molecular weight is 223 g/mol. The summed E-state index contributed by atoms with van der Waals surface area (Å²) in [5.74, 6) is 0.889. The van der Waals surface area contributed by atoms with Gasteiger partial charge in [-0.05, 0) is 37.1 Å². The van der Waals surface area contributed by atoms with Crippen LogP contribution < -0.4 is 10.1 Å². The van der Waals surface area contributed by atoms with Gasteiger partial charge in [0.05, 0.1) is 0 Å². The topological polar surface area (TPSA) is 41.5 Å². The second kappa shape index (κ2) is 8.13. The monoisotopic (exact) mass is 223 g/mol. The molecule has 0 radical (unpaired) electrons. The Hall–Kier alpha value is -1.06. The highest BCUT2D eigenvalue weighted by Gasteiger charge is 1.95. The number of nitrogens with one attached hydrogen (secondary N) is 1. The molecule has 0 bridgehead atoms. The number of benzene rings is 1. The zero-order valence-corrected chi connectivity index (χ0v) is 9.91. The quantitative estimate of drug-likeness (QED) is 0.658. The Balaban J connectivity index is 2.21. The molecule has 16 heavy (non-hydrogen) atoms. The van der Waals surface area contributed by atoms with Crippen molar-refractivity contribution in [1.82, 2.24) is 5.32 Å². The van der Waals surface area contributed by atoms with Gasteiger partial charge < -0.3 is 15.2 Å². The summed E-state index contributed by atoms with van der Waals surface area (Å²) >= 11 is 0. The maximum Gasteiger partial charge on any atom is 0.119 e. The van der Waals surface area contributed by atoms with E-state index in [9.17, 15) is 0 Å². The van der Waals surface area contributed by atoms with Crippen molar-refractivity contribution in [1.29, 1.82) is 0 Å². The Morgan fingerprint density at radius 1 is 1.19 bits per heavy atom. The van der Waals surface area contributed by atoms with Crippen LogP contribution in [0, 0.1) is 0 Å². The second-order valence-corrected chi connectivity index (χ2v) is 3.72. The van der Waals surface area contributed by atoms with Crippen LogP contribution in [-0.2, 0) is 6.42 Å². The number of ether oxygens (including phenoxy) is 1. The number of aliphatic hydroxyl groups excluding tert-OH is 1. The predicted molar refractivity (Wildman–Crippen MR) is 65.9 cm³/mol.